The van der Waals surface area contributed by atoms with E-state index in [-0.39, 0.29) is 18.3 Å². The maximum Gasteiger partial charge on any atom is 0.291 e. The molecule has 4 rings (SSSR count). The van der Waals surface area contributed by atoms with Crippen LogP contribution in [0, 0.1) is 13.8 Å². The van der Waals surface area contributed by atoms with Crippen LogP contribution >= 0.6 is 11.6 Å². The van der Waals surface area contributed by atoms with Gasteiger partial charge in [0.1, 0.15) is 18.1 Å². The number of nitrogens with zero attached hydrogens (tertiary/aromatic N) is 2. The van der Waals surface area contributed by atoms with E-state index in [0.29, 0.717) is 23.0 Å². The Morgan fingerprint density at radius 1 is 1.16 bits per heavy atom. The molecule has 0 spiro atoms. The molecule has 4 aromatic rings. The fraction of sp³-hybridized carbons (Fsp3) is 0.167. The van der Waals surface area contributed by atoms with Crippen molar-refractivity contribution in [3.8, 4) is 5.75 Å². The van der Waals surface area contributed by atoms with Crippen LogP contribution in [0.4, 0.5) is 5.69 Å². The number of carbonyl (C=O) groups excluding carboxylic acids is 1. The molecule has 7 heteroatoms. The third-order valence-electron chi connectivity index (χ3n) is 4.73. The first-order chi connectivity index (χ1) is 15.0. The Morgan fingerprint density at radius 2 is 2.03 bits per heavy atom. The van der Waals surface area contributed by atoms with Crippen LogP contribution in [-0.2, 0) is 13.2 Å². The molecule has 0 fully saturated rings. The summed E-state index contributed by atoms with van der Waals surface area (Å²) in [5.41, 5.74) is 3.83. The number of benzene rings is 2. The second-order valence-corrected chi connectivity index (χ2v) is 7.77. The van der Waals surface area contributed by atoms with E-state index < -0.39 is 0 Å². The molecule has 0 radical (unpaired) electrons. The van der Waals surface area contributed by atoms with E-state index in [1.54, 1.807) is 29.2 Å². The highest BCUT2D eigenvalue weighted by molar-refractivity contribution is 6.30. The van der Waals surface area contributed by atoms with Gasteiger partial charge in [-0.1, -0.05) is 35.9 Å². The number of anilines is 1. The average molecular weight is 436 g/mol. The highest BCUT2D eigenvalue weighted by Gasteiger charge is 2.13. The van der Waals surface area contributed by atoms with Crippen LogP contribution in [0.1, 0.15) is 33.0 Å². The van der Waals surface area contributed by atoms with Gasteiger partial charge in [0, 0.05) is 11.9 Å². The largest absolute Gasteiger partial charge is 0.485 e. The molecule has 31 heavy (non-hydrogen) atoms. The molecular weight excluding hydrogens is 414 g/mol. The first-order valence-electron chi connectivity index (χ1n) is 9.83. The number of carbonyl (C=O) groups is 1. The Hall–Kier alpha value is -3.51. The zero-order valence-electron chi connectivity index (χ0n) is 17.3. The van der Waals surface area contributed by atoms with Crippen LogP contribution in [0.15, 0.2) is 71.4 Å². The predicted octanol–water partition coefficient (Wildman–Crippen LogP) is 5.63. The first kappa shape index (κ1) is 20.8. The van der Waals surface area contributed by atoms with E-state index >= 15 is 0 Å². The molecule has 0 aliphatic carbocycles. The van der Waals surface area contributed by atoms with Crippen molar-refractivity contribution in [1.29, 1.82) is 0 Å². The molecule has 2 heterocycles. The summed E-state index contributed by atoms with van der Waals surface area (Å²) in [6.45, 7) is 4.81. The summed E-state index contributed by atoms with van der Waals surface area (Å²) < 4.78 is 13.3. The summed E-state index contributed by atoms with van der Waals surface area (Å²) in [5.74, 6) is 1.29. The quantitative estimate of drug-likeness (QED) is 0.408. The first-order valence-corrected chi connectivity index (χ1v) is 10.2. The lowest BCUT2D eigenvalue weighted by molar-refractivity contribution is 0.0992. The van der Waals surface area contributed by atoms with E-state index in [0.717, 1.165) is 22.4 Å². The van der Waals surface area contributed by atoms with E-state index in [4.69, 9.17) is 20.8 Å². The number of hydrogen-bond donors (Lipinski definition) is 1. The van der Waals surface area contributed by atoms with Crippen molar-refractivity contribution >= 4 is 23.2 Å². The van der Waals surface area contributed by atoms with Gasteiger partial charge in [0.2, 0.25) is 0 Å². The molecular formula is C24H22ClN3O3. The van der Waals surface area contributed by atoms with Crippen molar-refractivity contribution < 1.29 is 13.9 Å². The van der Waals surface area contributed by atoms with Gasteiger partial charge in [0.25, 0.3) is 5.91 Å². The molecule has 158 valence electrons. The highest BCUT2D eigenvalue weighted by atomic mass is 35.5. The lowest BCUT2D eigenvalue weighted by Crippen LogP contribution is -2.11. The monoisotopic (exact) mass is 435 g/mol. The van der Waals surface area contributed by atoms with Crippen molar-refractivity contribution in [2.45, 2.75) is 27.0 Å². The number of nitrogens with one attached hydrogen (secondary N) is 1. The topological polar surface area (TPSA) is 69.3 Å². The van der Waals surface area contributed by atoms with Crippen LogP contribution in [0.25, 0.3) is 0 Å². The van der Waals surface area contributed by atoms with Gasteiger partial charge < -0.3 is 14.5 Å². The van der Waals surface area contributed by atoms with Crippen LogP contribution in [0.5, 0.6) is 5.75 Å². The van der Waals surface area contributed by atoms with Crippen molar-refractivity contribution in [3.05, 3.63) is 100 Å². The van der Waals surface area contributed by atoms with Gasteiger partial charge in [-0.25, -0.2) is 0 Å². The van der Waals surface area contributed by atoms with Crippen molar-refractivity contribution in [2.75, 3.05) is 5.32 Å². The second-order valence-electron chi connectivity index (χ2n) is 7.33. The van der Waals surface area contributed by atoms with E-state index in [1.165, 1.54) is 0 Å². The molecule has 1 N–H and O–H groups in total. The highest BCUT2D eigenvalue weighted by Crippen LogP contribution is 2.21. The number of aryl methyl sites for hydroxylation is 2. The van der Waals surface area contributed by atoms with Gasteiger partial charge in [0.15, 0.2) is 5.76 Å². The molecule has 1 amide bonds. The minimum Gasteiger partial charge on any atom is -0.485 e. The van der Waals surface area contributed by atoms with E-state index in [9.17, 15) is 4.79 Å². The summed E-state index contributed by atoms with van der Waals surface area (Å²) in [6, 6.07) is 17.0. The van der Waals surface area contributed by atoms with Gasteiger partial charge in [-0.3, -0.25) is 9.48 Å². The molecule has 0 unspecified atom stereocenters. The molecule has 0 aliphatic rings. The Bertz CT molecular complexity index is 1210. The minimum atomic E-state index is -0.322. The molecule has 0 atom stereocenters. The van der Waals surface area contributed by atoms with Crippen LogP contribution in [0.2, 0.25) is 5.02 Å². The lowest BCUT2D eigenvalue weighted by Gasteiger charge is -2.08. The number of hydrogen-bond acceptors (Lipinski definition) is 4. The van der Waals surface area contributed by atoms with Gasteiger partial charge in [-0.2, -0.15) is 5.10 Å². The normalized spacial score (nSPS) is 10.8. The van der Waals surface area contributed by atoms with E-state index in [1.807, 2.05) is 56.3 Å². The van der Waals surface area contributed by atoms with Crippen molar-refractivity contribution in [2.24, 2.45) is 0 Å². The maximum atomic E-state index is 12.6. The lowest BCUT2D eigenvalue weighted by atomic mass is 10.1. The SMILES string of the molecule is Cc1ccc(C)c(OCc2ccc(C(=O)Nc3cccc(Cn4cc(Cl)cn4)c3)o2)c1. The molecule has 6 nitrogen and oxygen atoms in total. The third-order valence-corrected chi connectivity index (χ3v) is 4.93. The summed E-state index contributed by atoms with van der Waals surface area (Å²) in [4.78, 5) is 12.6. The van der Waals surface area contributed by atoms with Crippen LogP contribution < -0.4 is 10.1 Å². The van der Waals surface area contributed by atoms with Gasteiger partial charge in [0.05, 0.1) is 17.8 Å². The van der Waals surface area contributed by atoms with Crippen molar-refractivity contribution in [3.63, 3.8) is 0 Å². The van der Waals surface area contributed by atoms with Crippen molar-refractivity contribution in [1.82, 2.24) is 9.78 Å². The number of aromatic nitrogens is 2. The summed E-state index contributed by atoms with van der Waals surface area (Å²) in [5, 5.41) is 7.62. The second kappa shape index (κ2) is 9.10. The molecule has 0 saturated carbocycles. The summed E-state index contributed by atoms with van der Waals surface area (Å²) in [6.07, 6.45) is 3.34. The number of halogens is 1. The van der Waals surface area contributed by atoms with Crippen LogP contribution in [0.3, 0.4) is 0 Å². The number of rotatable bonds is 7. The number of ether oxygens (including phenoxy) is 1. The van der Waals surface area contributed by atoms with Crippen LogP contribution in [-0.4, -0.2) is 15.7 Å². The predicted molar refractivity (Wildman–Crippen MR) is 120 cm³/mol. The molecule has 2 aromatic carbocycles. The van der Waals surface area contributed by atoms with E-state index in [2.05, 4.69) is 10.4 Å². The Balaban J connectivity index is 1.37. The smallest absolute Gasteiger partial charge is 0.291 e. The third kappa shape index (κ3) is 5.35. The van der Waals surface area contributed by atoms with Gasteiger partial charge in [-0.15, -0.1) is 0 Å². The fourth-order valence-corrected chi connectivity index (χ4v) is 3.30. The Morgan fingerprint density at radius 3 is 2.84 bits per heavy atom. The Kier molecular flexibility index (Phi) is 6.09. The molecule has 0 aliphatic heterocycles. The Labute approximate surface area is 185 Å². The zero-order valence-corrected chi connectivity index (χ0v) is 18.0. The maximum absolute atomic E-state index is 12.6. The molecule has 0 bridgehead atoms. The fourth-order valence-electron chi connectivity index (χ4n) is 3.14. The minimum absolute atomic E-state index is 0.226. The zero-order chi connectivity index (χ0) is 21.8. The summed E-state index contributed by atoms with van der Waals surface area (Å²) >= 11 is 5.91. The van der Waals surface area contributed by atoms with Gasteiger partial charge >= 0.3 is 0 Å². The number of amides is 1. The molecule has 2 aromatic heterocycles. The molecule has 0 saturated heterocycles. The standard InChI is InChI=1S/C24H22ClN3O3/c1-16-6-7-17(2)23(10-16)30-15-21-8-9-22(31-21)24(29)27-20-5-3-4-18(11-20)13-28-14-19(25)12-26-28/h3-12,14H,13,15H2,1-2H3,(H,27,29). The average Bonchev–Trinajstić information content (AvgIpc) is 3.38. The van der Waals surface area contributed by atoms with Gasteiger partial charge in [-0.05, 0) is 60.9 Å². The number of furan rings is 1. The summed E-state index contributed by atoms with van der Waals surface area (Å²) in [7, 11) is 0.